The molecule has 3 N–H and O–H groups in total. The van der Waals surface area contributed by atoms with E-state index in [1.807, 2.05) is 0 Å². The van der Waals surface area contributed by atoms with E-state index in [0.717, 1.165) is 10.9 Å². The number of anilines is 1. The van der Waals surface area contributed by atoms with Crippen LogP contribution in [0.1, 0.15) is 21.6 Å². The first-order valence-corrected chi connectivity index (χ1v) is 7.75. The number of alkyl halides is 3. The van der Waals surface area contributed by atoms with Crippen molar-refractivity contribution >= 4 is 23.2 Å². The van der Waals surface area contributed by atoms with Crippen LogP contribution in [0.4, 0.5) is 18.9 Å². The van der Waals surface area contributed by atoms with Crippen LogP contribution in [0.2, 0.25) is 5.02 Å². The van der Waals surface area contributed by atoms with Crippen molar-refractivity contribution in [1.82, 2.24) is 30.3 Å². The average molecular weight is 398 g/mol. The molecule has 0 unspecified atom stereocenters. The van der Waals surface area contributed by atoms with Crippen molar-refractivity contribution in [3.05, 3.63) is 58.9 Å². The van der Waals surface area contributed by atoms with Crippen molar-refractivity contribution in [3.8, 4) is 5.69 Å². The van der Waals surface area contributed by atoms with Gasteiger partial charge < -0.3 is 11.1 Å². The second-order valence-corrected chi connectivity index (χ2v) is 5.62. The molecule has 12 heteroatoms. The summed E-state index contributed by atoms with van der Waals surface area (Å²) in [5.74, 6) is -0.714. The third-order valence-electron chi connectivity index (χ3n) is 3.51. The fourth-order valence-corrected chi connectivity index (χ4v) is 2.67. The van der Waals surface area contributed by atoms with Gasteiger partial charge in [0.1, 0.15) is 11.4 Å². The number of nitrogens with one attached hydrogen (secondary N) is 1. The number of nitrogen functional groups attached to an aromatic ring is 1. The second kappa shape index (κ2) is 7.19. The number of carbonyl (C=O) groups excluding carboxylic acids is 1. The average Bonchev–Trinajstić information content (AvgIpc) is 3.15. The summed E-state index contributed by atoms with van der Waals surface area (Å²) in [6, 6.07) is 1.03. The molecule has 0 aliphatic rings. The third-order valence-corrected chi connectivity index (χ3v) is 3.93. The van der Waals surface area contributed by atoms with E-state index in [2.05, 4.69) is 25.5 Å². The Hall–Kier alpha value is -3.21. The highest BCUT2D eigenvalue weighted by Crippen LogP contribution is 2.41. The summed E-state index contributed by atoms with van der Waals surface area (Å²) in [6.45, 7) is -0.539. The summed E-state index contributed by atoms with van der Waals surface area (Å²) in [5, 5.41) is 9.74. The maximum Gasteiger partial charge on any atom is 0.418 e. The highest BCUT2D eigenvalue weighted by Gasteiger charge is 2.38. The first kappa shape index (κ1) is 18.6. The molecule has 1 aromatic carbocycles. The molecule has 0 spiro atoms. The Labute approximate surface area is 155 Å². The standard InChI is InChI=1S/C15H11ClF3N7O/c16-13-8(6-23-14(27)10-7-21-1-2-22-10)12(15(17,18)19)9(20)5-11(13)26-24-3-4-25-26/h1-5,7H,6,20H2,(H,23,27). The van der Waals surface area contributed by atoms with Crippen LogP contribution in [0.25, 0.3) is 5.69 Å². The molecule has 0 bridgehead atoms. The molecule has 0 aliphatic carbocycles. The molecule has 0 saturated carbocycles. The van der Waals surface area contributed by atoms with Gasteiger partial charge in [-0.1, -0.05) is 11.6 Å². The van der Waals surface area contributed by atoms with Gasteiger partial charge in [0.15, 0.2) is 0 Å². The van der Waals surface area contributed by atoms with Crippen LogP contribution < -0.4 is 11.1 Å². The van der Waals surface area contributed by atoms with Gasteiger partial charge in [-0.05, 0) is 6.07 Å². The van der Waals surface area contributed by atoms with Crippen molar-refractivity contribution < 1.29 is 18.0 Å². The molecule has 3 aromatic rings. The van der Waals surface area contributed by atoms with E-state index in [-0.39, 0.29) is 16.4 Å². The van der Waals surface area contributed by atoms with Crippen LogP contribution >= 0.6 is 11.6 Å². The van der Waals surface area contributed by atoms with E-state index in [0.29, 0.717) is 0 Å². The van der Waals surface area contributed by atoms with Crippen molar-refractivity contribution in [2.24, 2.45) is 0 Å². The summed E-state index contributed by atoms with van der Waals surface area (Å²) < 4.78 is 40.5. The van der Waals surface area contributed by atoms with E-state index < -0.39 is 35.4 Å². The topological polar surface area (TPSA) is 112 Å². The Bertz CT molecular complexity index is 962. The van der Waals surface area contributed by atoms with E-state index in [1.54, 1.807) is 0 Å². The molecule has 27 heavy (non-hydrogen) atoms. The van der Waals surface area contributed by atoms with Crippen molar-refractivity contribution in [1.29, 1.82) is 0 Å². The lowest BCUT2D eigenvalue weighted by atomic mass is 10.0. The summed E-state index contributed by atoms with van der Waals surface area (Å²) in [5.41, 5.74) is 3.50. The van der Waals surface area contributed by atoms with Gasteiger partial charge in [0.25, 0.3) is 5.91 Å². The lowest BCUT2D eigenvalue weighted by Gasteiger charge is -2.19. The van der Waals surface area contributed by atoms with Gasteiger partial charge >= 0.3 is 6.18 Å². The third kappa shape index (κ3) is 3.82. The summed E-state index contributed by atoms with van der Waals surface area (Å²) in [4.78, 5) is 20.6. The molecule has 0 atom stereocenters. The van der Waals surface area contributed by atoms with Gasteiger partial charge in [-0.15, -0.1) is 0 Å². The van der Waals surface area contributed by atoms with Gasteiger partial charge in [0.2, 0.25) is 0 Å². The Morgan fingerprint density at radius 3 is 2.52 bits per heavy atom. The number of hydrogen-bond acceptors (Lipinski definition) is 6. The highest BCUT2D eigenvalue weighted by atomic mass is 35.5. The van der Waals surface area contributed by atoms with Crippen LogP contribution in [0.3, 0.4) is 0 Å². The van der Waals surface area contributed by atoms with E-state index >= 15 is 0 Å². The zero-order chi connectivity index (χ0) is 19.6. The smallest absolute Gasteiger partial charge is 0.398 e. The van der Waals surface area contributed by atoms with Crippen LogP contribution in [-0.2, 0) is 12.7 Å². The molecule has 1 amide bonds. The van der Waals surface area contributed by atoms with Crippen molar-refractivity contribution in [2.75, 3.05) is 5.73 Å². The Morgan fingerprint density at radius 1 is 1.22 bits per heavy atom. The largest absolute Gasteiger partial charge is 0.418 e. The first-order valence-electron chi connectivity index (χ1n) is 7.38. The van der Waals surface area contributed by atoms with Crippen LogP contribution in [0.5, 0.6) is 0 Å². The van der Waals surface area contributed by atoms with E-state index in [4.69, 9.17) is 17.3 Å². The number of benzene rings is 1. The van der Waals surface area contributed by atoms with E-state index in [1.165, 1.54) is 31.0 Å². The summed E-state index contributed by atoms with van der Waals surface area (Å²) >= 11 is 6.18. The van der Waals surface area contributed by atoms with Crippen molar-refractivity contribution in [3.63, 3.8) is 0 Å². The maximum atomic E-state index is 13.5. The van der Waals surface area contributed by atoms with Crippen LogP contribution in [0.15, 0.2) is 37.1 Å². The van der Waals surface area contributed by atoms with Gasteiger partial charge in [-0.2, -0.15) is 28.2 Å². The zero-order valence-corrected chi connectivity index (χ0v) is 14.2. The highest BCUT2D eigenvalue weighted by molar-refractivity contribution is 6.33. The molecule has 2 heterocycles. The lowest BCUT2D eigenvalue weighted by molar-refractivity contribution is -0.137. The van der Waals surface area contributed by atoms with Gasteiger partial charge in [-0.3, -0.25) is 9.78 Å². The number of carbonyl (C=O) groups is 1. The molecule has 0 saturated heterocycles. The minimum Gasteiger partial charge on any atom is -0.398 e. The van der Waals surface area contributed by atoms with Gasteiger partial charge in [0.05, 0.1) is 29.2 Å². The van der Waals surface area contributed by atoms with Crippen molar-refractivity contribution in [2.45, 2.75) is 12.7 Å². The predicted octanol–water partition coefficient (Wildman–Crippen LogP) is 2.24. The summed E-state index contributed by atoms with van der Waals surface area (Å²) in [7, 11) is 0. The number of amides is 1. The SMILES string of the molecule is Nc1cc(-n2nccn2)c(Cl)c(CNC(=O)c2cnccn2)c1C(F)(F)F. The number of rotatable bonds is 4. The zero-order valence-electron chi connectivity index (χ0n) is 13.4. The molecule has 3 rings (SSSR count). The normalized spacial score (nSPS) is 11.4. The molecule has 0 fully saturated rings. The number of nitrogens with two attached hydrogens (primary N) is 1. The molecular formula is C15H11ClF3N7O. The first-order chi connectivity index (χ1) is 12.8. The number of nitrogens with zero attached hydrogens (tertiary/aromatic N) is 5. The van der Waals surface area contributed by atoms with Gasteiger partial charge in [-0.25, -0.2) is 4.98 Å². The molecule has 0 aliphatic heterocycles. The Balaban J connectivity index is 2.02. The molecular weight excluding hydrogens is 387 g/mol. The fourth-order valence-electron chi connectivity index (χ4n) is 2.38. The number of hydrogen-bond donors (Lipinski definition) is 2. The molecule has 2 aromatic heterocycles. The monoisotopic (exact) mass is 397 g/mol. The molecule has 140 valence electrons. The second-order valence-electron chi connectivity index (χ2n) is 5.24. The van der Waals surface area contributed by atoms with Gasteiger partial charge in [0, 0.05) is 30.2 Å². The number of aromatic nitrogens is 5. The maximum absolute atomic E-state index is 13.5. The predicted molar refractivity (Wildman–Crippen MR) is 89.0 cm³/mol. The van der Waals surface area contributed by atoms with Crippen LogP contribution in [0, 0.1) is 0 Å². The van der Waals surface area contributed by atoms with Crippen LogP contribution in [-0.4, -0.2) is 30.9 Å². The quantitative estimate of drug-likeness (QED) is 0.653. The van der Waals surface area contributed by atoms with E-state index in [9.17, 15) is 18.0 Å². The minimum atomic E-state index is -4.78. The Morgan fingerprint density at radius 2 is 1.93 bits per heavy atom. The Kier molecular flexibility index (Phi) is 4.95. The molecule has 8 nitrogen and oxygen atoms in total. The number of halogens is 4. The summed E-state index contributed by atoms with van der Waals surface area (Å²) in [6.07, 6.45) is 1.71. The fraction of sp³-hybridized carbons (Fsp3) is 0.133. The minimum absolute atomic E-state index is 0.0518. The lowest BCUT2D eigenvalue weighted by Crippen LogP contribution is -2.26. The molecule has 0 radical (unpaired) electrons.